The molecule has 6 heteroatoms. The number of hydrogen-bond donors (Lipinski definition) is 1. The Morgan fingerprint density at radius 3 is 2.65 bits per heavy atom. The van der Waals surface area contributed by atoms with Gasteiger partial charge in [-0.2, -0.15) is 0 Å². The van der Waals surface area contributed by atoms with Gasteiger partial charge in [0.2, 0.25) is 10.0 Å². The first-order valence-electron chi connectivity index (χ1n) is 6.38. The molecule has 0 bridgehead atoms. The first-order valence-corrected chi connectivity index (χ1v) is 7.88. The molecule has 2 unspecified atom stereocenters. The maximum atomic E-state index is 12.4. The molecule has 2 aliphatic heterocycles. The Morgan fingerprint density at radius 1 is 1.29 bits per heavy atom. The highest BCUT2D eigenvalue weighted by molar-refractivity contribution is 7.89. The Bertz CT molecular complexity index is 350. The van der Waals surface area contributed by atoms with Crippen LogP contribution >= 0.6 is 0 Å². The molecule has 2 saturated heterocycles. The number of rotatable bonds is 3. The molecule has 0 aromatic carbocycles. The summed E-state index contributed by atoms with van der Waals surface area (Å²) in [7, 11) is 0.967. The summed E-state index contributed by atoms with van der Waals surface area (Å²) in [4.78, 5) is 2.13. The number of piperidine rings is 1. The Labute approximate surface area is 104 Å². The minimum absolute atomic E-state index is 0.205. The molecule has 2 atom stereocenters. The van der Waals surface area contributed by atoms with E-state index in [4.69, 9.17) is 0 Å². The highest BCUT2D eigenvalue weighted by Crippen LogP contribution is 2.21. The van der Waals surface area contributed by atoms with E-state index in [0.717, 1.165) is 25.8 Å². The van der Waals surface area contributed by atoms with Crippen LogP contribution in [0, 0.1) is 0 Å². The molecule has 5 nitrogen and oxygen atoms in total. The predicted octanol–water partition coefficient (Wildman–Crippen LogP) is -0.296. The third kappa shape index (κ3) is 2.81. The fourth-order valence-electron chi connectivity index (χ4n) is 2.67. The van der Waals surface area contributed by atoms with Crippen molar-refractivity contribution in [3.05, 3.63) is 0 Å². The van der Waals surface area contributed by atoms with E-state index in [1.54, 1.807) is 4.31 Å². The maximum absolute atomic E-state index is 12.4. The van der Waals surface area contributed by atoms with Crippen molar-refractivity contribution in [2.45, 2.75) is 30.6 Å². The minimum atomic E-state index is -3.08. The van der Waals surface area contributed by atoms with Crippen LogP contribution in [0.1, 0.15) is 19.3 Å². The molecule has 2 fully saturated rings. The van der Waals surface area contributed by atoms with Gasteiger partial charge in [-0.1, -0.05) is 0 Å². The van der Waals surface area contributed by atoms with E-state index >= 15 is 0 Å². The first-order chi connectivity index (χ1) is 8.01. The molecule has 100 valence electrons. The minimum Gasteiger partial charge on any atom is -0.315 e. The first kappa shape index (κ1) is 13.3. The van der Waals surface area contributed by atoms with Gasteiger partial charge in [0.25, 0.3) is 0 Å². The zero-order valence-electron chi connectivity index (χ0n) is 10.7. The standard InChI is InChI=1S/C11H23N3O2S/c1-13(2)10-4-3-7-14(9-10)17(15,16)11-5-6-12-8-11/h10-12H,3-9H2,1-2H3. The summed E-state index contributed by atoms with van der Waals surface area (Å²) in [5.74, 6) is 0. The summed E-state index contributed by atoms with van der Waals surface area (Å²) in [6, 6.07) is 0.368. The number of nitrogens with zero attached hydrogens (tertiary/aromatic N) is 2. The van der Waals surface area contributed by atoms with Crippen LogP contribution in [-0.2, 0) is 10.0 Å². The van der Waals surface area contributed by atoms with Gasteiger partial charge < -0.3 is 10.2 Å². The van der Waals surface area contributed by atoms with Crippen molar-refractivity contribution < 1.29 is 8.42 Å². The van der Waals surface area contributed by atoms with Crippen LogP contribution in [0.25, 0.3) is 0 Å². The summed E-state index contributed by atoms with van der Waals surface area (Å²) >= 11 is 0. The third-order valence-electron chi connectivity index (χ3n) is 3.89. The molecule has 1 N–H and O–H groups in total. The summed E-state index contributed by atoms with van der Waals surface area (Å²) in [6.45, 7) is 2.80. The lowest BCUT2D eigenvalue weighted by Gasteiger charge is -2.36. The molecule has 0 aromatic rings. The van der Waals surface area contributed by atoms with E-state index in [1.807, 2.05) is 14.1 Å². The van der Waals surface area contributed by atoms with Gasteiger partial charge in [-0.25, -0.2) is 12.7 Å². The zero-order valence-corrected chi connectivity index (χ0v) is 11.5. The van der Waals surface area contributed by atoms with E-state index in [-0.39, 0.29) is 5.25 Å². The molecule has 0 radical (unpaired) electrons. The van der Waals surface area contributed by atoms with Crippen LogP contribution in [0.5, 0.6) is 0 Å². The summed E-state index contributed by atoms with van der Waals surface area (Å²) in [5, 5.41) is 2.93. The van der Waals surface area contributed by atoms with Crippen molar-refractivity contribution in [3.63, 3.8) is 0 Å². The molecule has 0 amide bonds. The van der Waals surface area contributed by atoms with Crippen molar-refractivity contribution >= 4 is 10.0 Å². The van der Waals surface area contributed by atoms with Gasteiger partial charge in [-0.3, -0.25) is 0 Å². The van der Waals surface area contributed by atoms with Crippen molar-refractivity contribution in [2.75, 3.05) is 40.3 Å². The zero-order chi connectivity index (χ0) is 12.5. The van der Waals surface area contributed by atoms with Gasteiger partial charge >= 0.3 is 0 Å². The Kier molecular flexibility index (Phi) is 4.07. The van der Waals surface area contributed by atoms with E-state index in [9.17, 15) is 8.42 Å². The lowest BCUT2D eigenvalue weighted by molar-refractivity contribution is 0.189. The molecule has 2 aliphatic rings. The van der Waals surface area contributed by atoms with Crippen LogP contribution in [0.15, 0.2) is 0 Å². The van der Waals surface area contributed by atoms with Crippen LogP contribution in [0.4, 0.5) is 0 Å². The van der Waals surface area contributed by atoms with Crippen molar-refractivity contribution in [3.8, 4) is 0 Å². The average Bonchev–Trinajstić information content (AvgIpc) is 2.83. The lowest BCUT2D eigenvalue weighted by atomic mass is 10.1. The summed E-state index contributed by atoms with van der Waals surface area (Å²) < 4.78 is 26.6. The molecular formula is C11H23N3O2S. The highest BCUT2D eigenvalue weighted by atomic mass is 32.2. The second-order valence-corrected chi connectivity index (χ2v) is 7.49. The smallest absolute Gasteiger partial charge is 0.218 e. The van der Waals surface area contributed by atoms with E-state index < -0.39 is 10.0 Å². The molecule has 2 heterocycles. The molecule has 0 aromatic heterocycles. The second-order valence-electron chi connectivity index (χ2n) is 5.28. The Balaban J connectivity index is 2.05. The van der Waals surface area contributed by atoms with Gasteiger partial charge in [0.1, 0.15) is 0 Å². The van der Waals surface area contributed by atoms with Gasteiger partial charge in [0, 0.05) is 25.7 Å². The van der Waals surface area contributed by atoms with Crippen LogP contribution in [-0.4, -0.2) is 69.2 Å². The number of sulfonamides is 1. The van der Waals surface area contributed by atoms with Crippen molar-refractivity contribution in [1.29, 1.82) is 0 Å². The van der Waals surface area contributed by atoms with Gasteiger partial charge in [-0.15, -0.1) is 0 Å². The maximum Gasteiger partial charge on any atom is 0.218 e. The molecule has 0 saturated carbocycles. The SMILES string of the molecule is CN(C)C1CCCN(S(=O)(=O)C2CCNC2)C1. The summed E-state index contributed by atoms with van der Waals surface area (Å²) in [6.07, 6.45) is 2.83. The quantitative estimate of drug-likeness (QED) is 0.758. The monoisotopic (exact) mass is 261 g/mol. The molecular weight excluding hydrogens is 238 g/mol. The van der Waals surface area contributed by atoms with Crippen LogP contribution < -0.4 is 5.32 Å². The largest absolute Gasteiger partial charge is 0.315 e. The highest BCUT2D eigenvalue weighted by Gasteiger charge is 2.36. The fraction of sp³-hybridized carbons (Fsp3) is 1.00. The second kappa shape index (κ2) is 5.22. The van der Waals surface area contributed by atoms with Crippen LogP contribution in [0.2, 0.25) is 0 Å². The number of likely N-dealkylation sites (N-methyl/N-ethyl adjacent to an activating group) is 1. The average molecular weight is 261 g/mol. The van der Waals surface area contributed by atoms with Gasteiger partial charge in [-0.05, 0) is 39.9 Å². The Hall–Kier alpha value is -0.170. The van der Waals surface area contributed by atoms with E-state index in [1.165, 1.54) is 0 Å². The molecule has 0 aliphatic carbocycles. The summed E-state index contributed by atoms with van der Waals surface area (Å²) in [5.41, 5.74) is 0. The predicted molar refractivity (Wildman–Crippen MR) is 68.5 cm³/mol. The van der Waals surface area contributed by atoms with E-state index in [0.29, 0.717) is 25.7 Å². The third-order valence-corrected chi connectivity index (χ3v) is 6.18. The van der Waals surface area contributed by atoms with Gasteiger partial charge in [0.15, 0.2) is 0 Å². The van der Waals surface area contributed by atoms with Gasteiger partial charge in [0.05, 0.1) is 5.25 Å². The molecule has 2 rings (SSSR count). The number of nitrogens with one attached hydrogen (secondary N) is 1. The normalized spacial score (nSPS) is 32.2. The number of hydrogen-bond acceptors (Lipinski definition) is 4. The van der Waals surface area contributed by atoms with E-state index in [2.05, 4.69) is 10.2 Å². The molecule has 0 spiro atoms. The fourth-order valence-corrected chi connectivity index (χ4v) is 4.60. The Morgan fingerprint density at radius 2 is 2.06 bits per heavy atom. The lowest BCUT2D eigenvalue weighted by Crippen LogP contribution is -2.50. The van der Waals surface area contributed by atoms with Crippen LogP contribution in [0.3, 0.4) is 0 Å². The van der Waals surface area contributed by atoms with Crippen molar-refractivity contribution in [1.82, 2.24) is 14.5 Å². The van der Waals surface area contributed by atoms with Crippen molar-refractivity contribution in [2.24, 2.45) is 0 Å². The topological polar surface area (TPSA) is 52.7 Å². The molecule has 17 heavy (non-hydrogen) atoms.